The molecular weight excluding hydrogens is 277 g/mol. The number of nitrogens with zero attached hydrogens (tertiary/aromatic N) is 4. The van der Waals surface area contributed by atoms with E-state index in [9.17, 15) is 23.3 Å². The number of hydrogen-bond acceptors (Lipinski definition) is 4. The SMILES string of the molecule is Cc1nn(-c2ccc(C(F)(F)F)cc2[N+](=O)[O-])nc1C. The van der Waals surface area contributed by atoms with Gasteiger partial charge in [-0.3, -0.25) is 10.1 Å². The van der Waals surface area contributed by atoms with Gasteiger partial charge in [-0.05, 0) is 26.0 Å². The lowest BCUT2D eigenvalue weighted by Crippen LogP contribution is -2.09. The molecular formula is C11H9F3N4O2. The molecule has 1 aromatic heterocycles. The van der Waals surface area contributed by atoms with Gasteiger partial charge in [-0.15, -0.1) is 4.80 Å². The molecule has 0 saturated heterocycles. The van der Waals surface area contributed by atoms with Crippen molar-refractivity contribution in [3.05, 3.63) is 45.3 Å². The summed E-state index contributed by atoms with van der Waals surface area (Å²) in [4.78, 5) is 11.0. The minimum absolute atomic E-state index is 0.112. The second-order valence-corrected chi connectivity index (χ2v) is 4.12. The van der Waals surface area contributed by atoms with Gasteiger partial charge in [0.15, 0.2) is 5.69 Å². The molecule has 0 N–H and O–H groups in total. The summed E-state index contributed by atoms with van der Waals surface area (Å²) in [5.74, 6) is 0. The third-order valence-corrected chi connectivity index (χ3v) is 2.73. The monoisotopic (exact) mass is 286 g/mol. The number of nitro groups is 1. The topological polar surface area (TPSA) is 73.8 Å². The van der Waals surface area contributed by atoms with Crippen molar-refractivity contribution in [2.24, 2.45) is 0 Å². The van der Waals surface area contributed by atoms with Gasteiger partial charge in [0.25, 0.3) is 5.69 Å². The fraction of sp³-hybridized carbons (Fsp3) is 0.273. The van der Waals surface area contributed by atoms with E-state index in [2.05, 4.69) is 10.2 Å². The minimum atomic E-state index is -4.65. The summed E-state index contributed by atoms with van der Waals surface area (Å²) in [6.07, 6.45) is -4.65. The lowest BCUT2D eigenvalue weighted by molar-refractivity contribution is -0.384. The van der Waals surface area contributed by atoms with E-state index in [0.717, 1.165) is 16.9 Å². The van der Waals surface area contributed by atoms with Crippen molar-refractivity contribution < 1.29 is 18.1 Å². The summed E-state index contributed by atoms with van der Waals surface area (Å²) >= 11 is 0. The summed E-state index contributed by atoms with van der Waals surface area (Å²) in [5, 5.41) is 18.8. The molecule has 0 spiro atoms. The molecule has 6 nitrogen and oxygen atoms in total. The standard InChI is InChI=1S/C11H9F3N4O2/c1-6-7(2)16-17(15-6)9-4-3-8(11(12,13)14)5-10(9)18(19)20/h3-5H,1-2H3. The average Bonchev–Trinajstić information content (AvgIpc) is 2.67. The lowest BCUT2D eigenvalue weighted by atomic mass is 10.1. The molecule has 0 bridgehead atoms. The van der Waals surface area contributed by atoms with Crippen LogP contribution in [0.15, 0.2) is 18.2 Å². The smallest absolute Gasteiger partial charge is 0.258 e. The van der Waals surface area contributed by atoms with Crippen molar-refractivity contribution >= 4 is 5.69 Å². The number of hydrogen-bond donors (Lipinski definition) is 0. The Morgan fingerprint density at radius 1 is 1.20 bits per heavy atom. The van der Waals surface area contributed by atoms with Gasteiger partial charge >= 0.3 is 6.18 Å². The Hall–Kier alpha value is -2.45. The highest BCUT2D eigenvalue weighted by molar-refractivity contribution is 5.53. The second kappa shape index (κ2) is 4.58. The molecule has 2 rings (SSSR count). The number of halogens is 3. The molecule has 0 fully saturated rings. The van der Waals surface area contributed by atoms with E-state index in [0.29, 0.717) is 17.5 Å². The van der Waals surface area contributed by atoms with Crippen LogP contribution in [0.25, 0.3) is 5.69 Å². The Balaban J connectivity index is 2.62. The first-order chi connectivity index (χ1) is 9.20. The zero-order valence-corrected chi connectivity index (χ0v) is 10.5. The number of aryl methyl sites for hydroxylation is 2. The fourth-order valence-electron chi connectivity index (χ4n) is 1.57. The Labute approximate surface area is 111 Å². The van der Waals surface area contributed by atoms with Gasteiger partial charge in [0, 0.05) is 6.07 Å². The minimum Gasteiger partial charge on any atom is -0.258 e. The summed E-state index contributed by atoms with van der Waals surface area (Å²) in [7, 11) is 0. The van der Waals surface area contributed by atoms with Crippen LogP contribution in [0.3, 0.4) is 0 Å². The van der Waals surface area contributed by atoms with Gasteiger partial charge in [0.2, 0.25) is 0 Å². The summed E-state index contributed by atoms with van der Waals surface area (Å²) in [5.41, 5.74) is -0.819. The maximum absolute atomic E-state index is 12.6. The van der Waals surface area contributed by atoms with Crippen molar-refractivity contribution in [3.8, 4) is 5.69 Å². The fourth-order valence-corrected chi connectivity index (χ4v) is 1.57. The highest BCUT2D eigenvalue weighted by Gasteiger charge is 2.33. The highest BCUT2D eigenvalue weighted by Crippen LogP contribution is 2.33. The molecule has 0 atom stereocenters. The molecule has 0 radical (unpaired) electrons. The van der Waals surface area contributed by atoms with Crippen LogP contribution in [0, 0.1) is 24.0 Å². The molecule has 0 aliphatic heterocycles. The zero-order chi connectivity index (χ0) is 15.1. The molecule has 1 aromatic carbocycles. The Morgan fingerprint density at radius 3 is 2.20 bits per heavy atom. The first kappa shape index (κ1) is 14.0. The van der Waals surface area contributed by atoms with Crippen LogP contribution in [0.1, 0.15) is 17.0 Å². The van der Waals surface area contributed by atoms with E-state index in [-0.39, 0.29) is 5.69 Å². The normalized spacial score (nSPS) is 11.7. The summed E-state index contributed by atoms with van der Waals surface area (Å²) < 4.78 is 37.7. The van der Waals surface area contributed by atoms with Crippen molar-refractivity contribution in [1.29, 1.82) is 0 Å². The Morgan fingerprint density at radius 2 is 1.75 bits per heavy atom. The summed E-state index contributed by atoms with van der Waals surface area (Å²) in [6.45, 7) is 3.30. The molecule has 0 amide bonds. The predicted molar refractivity (Wildman–Crippen MR) is 62.5 cm³/mol. The van der Waals surface area contributed by atoms with Crippen LogP contribution in [-0.4, -0.2) is 19.9 Å². The summed E-state index contributed by atoms with van der Waals surface area (Å²) in [6, 6.07) is 2.22. The second-order valence-electron chi connectivity index (χ2n) is 4.12. The van der Waals surface area contributed by atoms with Gasteiger partial charge in [-0.1, -0.05) is 0 Å². The number of rotatable bonds is 2. The molecule has 9 heteroatoms. The maximum atomic E-state index is 12.6. The van der Waals surface area contributed by atoms with E-state index < -0.39 is 22.4 Å². The molecule has 2 aromatic rings. The first-order valence-corrected chi connectivity index (χ1v) is 5.46. The van der Waals surface area contributed by atoms with Gasteiger partial charge in [-0.25, -0.2) is 0 Å². The Bertz CT molecular complexity index is 659. The third kappa shape index (κ3) is 2.46. The quantitative estimate of drug-likeness (QED) is 0.628. The lowest BCUT2D eigenvalue weighted by Gasteiger charge is -2.08. The molecule has 0 aliphatic rings. The van der Waals surface area contributed by atoms with Crippen molar-refractivity contribution in [1.82, 2.24) is 15.0 Å². The zero-order valence-electron chi connectivity index (χ0n) is 10.5. The van der Waals surface area contributed by atoms with E-state index in [1.807, 2.05) is 0 Å². The number of nitro benzene ring substituents is 1. The maximum Gasteiger partial charge on any atom is 0.416 e. The van der Waals surface area contributed by atoms with Crippen LogP contribution in [-0.2, 0) is 6.18 Å². The van der Waals surface area contributed by atoms with Gasteiger partial charge in [0.1, 0.15) is 0 Å². The van der Waals surface area contributed by atoms with Gasteiger partial charge in [0.05, 0.1) is 21.9 Å². The van der Waals surface area contributed by atoms with Crippen molar-refractivity contribution in [2.45, 2.75) is 20.0 Å². The van der Waals surface area contributed by atoms with Crippen LogP contribution < -0.4 is 0 Å². The molecule has 106 valence electrons. The van der Waals surface area contributed by atoms with Gasteiger partial charge < -0.3 is 0 Å². The number of alkyl halides is 3. The molecule has 1 heterocycles. The van der Waals surface area contributed by atoms with Crippen LogP contribution in [0.4, 0.5) is 18.9 Å². The molecule has 0 aliphatic carbocycles. The molecule has 0 saturated carbocycles. The molecule has 20 heavy (non-hydrogen) atoms. The van der Waals surface area contributed by atoms with Crippen LogP contribution >= 0.6 is 0 Å². The molecule has 0 unspecified atom stereocenters. The van der Waals surface area contributed by atoms with Crippen LogP contribution in [0.2, 0.25) is 0 Å². The predicted octanol–water partition coefficient (Wildman–Crippen LogP) is 2.81. The van der Waals surface area contributed by atoms with E-state index in [1.54, 1.807) is 13.8 Å². The third-order valence-electron chi connectivity index (χ3n) is 2.73. The van der Waals surface area contributed by atoms with E-state index in [4.69, 9.17) is 0 Å². The number of aromatic nitrogens is 3. The largest absolute Gasteiger partial charge is 0.416 e. The van der Waals surface area contributed by atoms with E-state index >= 15 is 0 Å². The van der Waals surface area contributed by atoms with Crippen molar-refractivity contribution in [2.75, 3.05) is 0 Å². The van der Waals surface area contributed by atoms with Crippen molar-refractivity contribution in [3.63, 3.8) is 0 Å². The highest BCUT2D eigenvalue weighted by atomic mass is 19.4. The van der Waals surface area contributed by atoms with Gasteiger partial charge in [-0.2, -0.15) is 23.4 Å². The number of benzene rings is 1. The first-order valence-electron chi connectivity index (χ1n) is 5.46. The Kier molecular flexibility index (Phi) is 3.20. The van der Waals surface area contributed by atoms with E-state index in [1.165, 1.54) is 0 Å². The average molecular weight is 286 g/mol. The van der Waals surface area contributed by atoms with Crippen LogP contribution in [0.5, 0.6) is 0 Å².